The summed E-state index contributed by atoms with van der Waals surface area (Å²) in [5, 5.41) is 0. The van der Waals surface area contributed by atoms with Crippen LogP contribution < -0.4 is 9.47 Å². The summed E-state index contributed by atoms with van der Waals surface area (Å²) in [6.45, 7) is 2.58. The van der Waals surface area contributed by atoms with Gasteiger partial charge >= 0.3 is 0 Å². The Morgan fingerprint density at radius 1 is 1.05 bits per heavy atom. The predicted octanol–water partition coefficient (Wildman–Crippen LogP) is 3.88. The molecular weight excluding hydrogens is 271 g/mol. The number of hydrogen-bond donors (Lipinski definition) is 0. The van der Waals surface area contributed by atoms with Crippen LogP contribution in [0.3, 0.4) is 0 Å². The normalized spacial score (nSPS) is 10.2. The highest BCUT2D eigenvalue weighted by atomic mass is 19.1. The van der Waals surface area contributed by atoms with Crippen molar-refractivity contribution in [2.75, 3.05) is 13.2 Å². The maximum atomic E-state index is 13.0. The molecule has 0 bridgehead atoms. The highest BCUT2D eigenvalue weighted by Gasteiger charge is 2.07. The molecule has 0 fully saturated rings. The first kappa shape index (κ1) is 15.0. The second-order valence-corrected chi connectivity index (χ2v) is 4.54. The fourth-order valence-corrected chi connectivity index (χ4v) is 1.75. The van der Waals surface area contributed by atoms with Crippen molar-refractivity contribution in [1.82, 2.24) is 0 Å². The second kappa shape index (κ2) is 7.43. The Hall–Kier alpha value is -2.36. The lowest BCUT2D eigenvalue weighted by molar-refractivity contribution is 0.0921. The number of halogens is 1. The summed E-state index contributed by atoms with van der Waals surface area (Å²) in [5.74, 6) is 0.642. The van der Waals surface area contributed by atoms with Crippen molar-refractivity contribution in [3.63, 3.8) is 0 Å². The molecule has 110 valence electrons. The van der Waals surface area contributed by atoms with Gasteiger partial charge in [-0.2, -0.15) is 0 Å². The smallest absolute Gasteiger partial charge is 0.200 e. The minimum absolute atomic E-state index is 0.126. The lowest BCUT2D eigenvalue weighted by atomic mass is 10.1. The third kappa shape index (κ3) is 4.60. The molecule has 0 aliphatic carbocycles. The van der Waals surface area contributed by atoms with Crippen molar-refractivity contribution in [2.45, 2.75) is 13.3 Å². The predicted molar refractivity (Wildman–Crippen MR) is 78.5 cm³/mol. The van der Waals surface area contributed by atoms with Crippen molar-refractivity contribution in [3.05, 3.63) is 59.9 Å². The molecule has 0 spiro atoms. The molecule has 2 aromatic rings. The molecule has 0 aliphatic rings. The summed E-state index contributed by atoms with van der Waals surface area (Å²) < 4.78 is 23.9. The lowest BCUT2D eigenvalue weighted by Gasteiger charge is -2.08. The van der Waals surface area contributed by atoms with Gasteiger partial charge in [-0.15, -0.1) is 0 Å². The van der Waals surface area contributed by atoms with Crippen LogP contribution >= 0.6 is 0 Å². The summed E-state index contributed by atoms with van der Waals surface area (Å²) in [4.78, 5) is 11.9. The van der Waals surface area contributed by atoms with Gasteiger partial charge in [0.25, 0.3) is 0 Å². The lowest BCUT2D eigenvalue weighted by Crippen LogP contribution is -2.11. The molecule has 0 unspecified atom stereocenters. The van der Waals surface area contributed by atoms with Gasteiger partial charge in [-0.3, -0.25) is 4.79 Å². The summed E-state index contributed by atoms with van der Waals surface area (Å²) in [6.07, 6.45) is 0.945. The summed E-state index contributed by atoms with van der Waals surface area (Å²) in [7, 11) is 0. The number of ketones is 1. The zero-order valence-corrected chi connectivity index (χ0v) is 11.8. The van der Waals surface area contributed by atoms with Crippen molar-refractivity contribution in [1.29, 1.82) is 0 Å². The fraction of sp³-hybridized carbons (Fsp3) is 0.235. The molecule has 0 heterocycles. The average molecular weight is 288 g/mol. The van der Waals surface area contributed by atoms with E-state index in [0.717, 1.165) is 12.2 Å². The summed E-state index contributed by atoms with van der Waals surface area (Å²) in [6, 6.07) is 12.6. The van der Waals surface area contributed by atoms with E-state index < -0.39 is 5.82 Å². The number of benzene rings is 2. The van der Waals surface area contributed by atoms with Gasteiger partial charge in [0, 0.05) is 5.56 Å². The maximum absolute atomic E-state index is 13.0. The maximum Gasteiger partial charge on any atom is 0.200 e. The Kier molecular flexibility index (Phi) is 5.32. The average Bonchev–Trinajstić information content (AvgIpc) is 2.51. The number of ether oxygens (including phenoxy) is 2. The molecule has 2 rings (SSSR count). The highest BCUT2D eigenvalue weighted by Crippen LogP contribution is 2.18. The molecule has 0 aliphatic heterocycles. The van der Waals surface area contributed by atoms with Crippen molar-refractivity contribution in [2.24, 2.45) is 0 Å². The van der Waals surface area contributed by atoms with Crippen LogP contribution in [0.5, 0.6) is 11.5 Å². The van der Waals surface area contributed by atoms with Crippen LogP contribution in [-0.2, 0) is 0 Å². The summed E-state index contributed by atoms with van der Waals surface area (Å²) in [5.41, 5.74) is 0.304. The Morgan fingerprint density at radius 3 is 2.33 bits per heavy atom. The van der Waals surface area contributed by atoms with E-state index in [1.54, 1.807) is 30.3 Å². The van der Waals surface area contributed by atoms with E-state index in [4.69, 9.17) is 9.47 Å². The first-order valence-corrected chi connectivity index (χ1v) is 6.83. The third-order valence-electron chi connectivity index (χ3n) is 2.81. The SMILES string of the molecule is CCCOc1ccc(OCC(=O)c2cccc(F)c2)cc1. The van der Waals surface area contributed by atoms with Gasteiger partial charge in [-0.05, 0) is 42.8 Å². The zero-order chi connectivity index (χ0) is 15.1. The molecule has 4 heteroatoms. The van der Waals surface area contributed by atoms with Crippen LogP contribution in [0.15, 0.2) is 48.5 Å². The van der Waals surface area contributed by atoms with Crippen molar-refractivity contribution < 1.29 is 18.7 Å². The van der Waals surface area contributed by atoms with Crippen LogP contribution in [-0.4, -0.2) is 19.0 Å². The van der Waals surface area contributed by atoms with Crippen LogP contribution in [0.1, 0.15) is 23.7 Å². The largest absolute Gasteiger partial charge is 0.494 e. The molecule has 21 heavy (non-hydrogen) atoms. The number of hydrogen-bond acceptors (Lipinski definition) is 3. The van der Waals surface area contributed by atoms with E-state index in [2.05, 4.69) is 0 Å². The van der Waals surface area contributed by atoms with Gasteiger partial charge in [0.1, 0.15) is 17.3 Å². The minimum atomic E-state index is -0.432. The molecule has 2 aromatic carbocycles. The first-order valence-electron chi connectivity index (χ1n) is 6.83. The first-order chi connectivity index (χ1) is 10.2. The molecule has 3 nitrogen and oxygen atoms in total. The quantitative estimate of drug-likeness (QED) is 0.725. The summed E-state index contributed by atoms with van der Waals surface area (Å²) >= 11 is 0. The van der Waals surface area contributed by atoms with Gasteiger partial charge in [0.2, 0.25) is 0 Å². The van der Waals surface area contributed by atoms with E-state index >= 15 is 0 Å². The van der Waals surface area contributed by atoms with E-state index in [-0.39, 0.29) is 12.4 Å². The van der Waals surface area contributed by atoms with Crippen LogP contribution in [0, 0.1) is 5.82 Å². The molecule has 0 amide bonds. The number of carbonyl (C=O) groups excluding carboxylic acids is 1. The Bertz CT molecular complexity index is 593. The molecular formula is C17H17FO3. The minimum Gasteiger partial charge on any atom is -0.494 e. The molecule has 0 atom stereocenters. The number of Topliss-reactive ketones (excluding diaryl/α,β-unsaturated/α-hetero) is 1. The Morgan fingerprint density at radius 2 is 1.71 bits per heavy atom. The fourth-order valence-electron chi connectivity index (χ4n) is 1.75. The van der Waals surface area contributed by atoms with E-state index in [1.807, 2.05) is 6.92 Å². The van der Waals surface area contributed by atoms with Crippen molar-refractivity contribution >= 4 is 5.78 Å². The molecule has 0 aromatic heterocycles. The number of rotatable bonds is 7. The van der Waals surface area contributed by atoms with Gasteiger partial charge in [0.15, 0.2) is 12.4 Å². The van der Waals surface area contributed by atoms with Crippen LogP contribution in [0.4, 0.5) is 4.39 Å². The van der Waals surface area contributed by atoms with Gasteiger partial charge in [0.05, 0.1) is 6.61 Å². The monoisotopic (exact) mass is 288 g/mol. The van der Waals surface area contributed by atoms with Crippen molar-refractivity contribution in [3.8, 4) is 11.5 Å². The van der Waals surface area contributed by atoms with Gasteiger partial charge in [-0.1, -0.05) is 19.1 Å². The van der Waals surface area contributed by atoms with Crippen LogP contribution in [0.2, 0.25) is 0 Å². The molecule has 0 radical (unpaired) electrons. The molecule has 0 N–H and O–H groups in total. The molecule has 0 saturated heterocycles. The Balaban J connectivity index is 1.89. The third-order valence-corrected chi connectivity index (χ3v) is 2.81. The highest BCUT2D eigenvalue weighted by molar-refractivity contribution is 5.97. The Labute approximate surface area is 123 Å². The topological polar surface area (TPSA) is 35.5 Å². The number of carbonyl (C=O) groups is 1. The van der Waals surface area contributed by atoms with Gasteiger partial charge in [-0.25, -0.2) is 4.39 Å². The van der Waals surface area contributed by atoms with Gasteiger partial charge < -0.3 is 9.47 Å². The van der Waals surface area contributed by atoms with Crippen LogP contribution in [0.25, 0.3) is 0 Å². The molecule has 0 saturated carbocycles. The standard InChI is InChI=1S/C17H17FO3/c1-2-10-20-15-6-8-16(9-7-15)21-12-17(19)13-4-3-5-14(18)11-13/h3-9,11H,2,10,12H2,1H3. The zero-order valence-electron chi connectivity index (χ0n) is 11.8. The van der Waals surface area contributed by atoms with E-state index in [9.17, 15) is 9.18 Å². The van der Waals surface area contributed by atoms with E-state index in [0.29, 0.717) is 17.9 Å². The second-order valence-electron chi connectivity index (χ2n) is 4.54. The van der Waals surface area contributed by atoms with E-state index in [1.165, 1.54) is 18.2 Å².